The molecule has 0 N–H and O–H groups in total. The van der Waals surface area contributed by atoms with Gasteiger partial charge in [-0.25, -0.2) is 0 Å². The van der Waals surface area contributed by atoms with Crippen LogP contribution in [-0.2, 0) is 4.84 Å². The summed E-state index contributed by atoms with van der Waals surface area (Å²) in [5.74, 6) is 0.427. The van der Waals surface area contributed by atoms with Crippen LogP contribution in [0.2, 0.25) is 0 Å². The van der Waals surface area contributed by atoms with Gasteiger partial charge in [-0.05, 0) is 27.7 Å². The van der Waals surface area contributed by atoms with Crippen molar-refractivity contribution in [1.29, 1.82) is 0 Å². The summed E-state index contributed by atoms with van der Waals surface area (Å²) in [6.45, 7) is 7.66. The second kappa shape index (κ2) is 3.81. The van der Waals surface area contributed by atoms with Gasteiger partial charge in [-0.2, -0.15) is 0 Å². The number of alkyl halides is 1. The van der Waals surface area contributed by atoms with Crippen LogP contribution in [-0.4, -0.2) is 17.2 Å². The first-order chi connectivity index (χ1) is 4.45. The molecule has 0 amide bonds. The van der Waals surface area contributed by atoms with E-state index < -0.39 is 0 Å². The zero-order valence-electron chi connectivity index (χ0n) is 6.94. The third-order valence-corrected chi connectivity index (χ3v) is 1.06. The molecule has 0 unspecified atom stereocenters. The summed E-state index contributed by atoms with van der Waals surface area (Å²) in [5.41, 5.74) is 0.587. The lowest BCUT2D eigenvalue weighted by Crippen LogP contribution is -2.16. The van der Waals surface area contributed by atoms with Gasteiger partial charge in [0.15, 0.2) is 0 Å². The zero-order valence-corrected chi connectivity index (χ0v) is 7.70. The molecule has 60 valence electrons. The van der Waals surface area contributed by atoms with Crippen molar-refractivity contribution in [3.8, 4) is 0 Å². The van der Waals surface area contributed by atoms with Crippen LogP contribution in [0.25, 0.3) is 0 Å². The van der Waals surface area contributed by atoms with Gasteiger partial charge in [0.2, 0.25) is 0 Å². The molecule has 0 aliphatic rings. The Morgan fingerprint density at radius 3 is 2.30 bits per heavy atom. The second-order valence-corrected chi connectivity index (χ2v) is 3.43. The fourth-order valence-electron chi connectivity index (χ4n) is 0.239. The summed E-state index contributed by atoms with van der Waals surface area (Å²) >= 11 is 5.47. The van der Waals surface area contributed by atoms with Crippen molar-refractivity contribution in [1.82, 2.24) is 0 Å². The number of rotatable bonds is 2. The van der Waals surface area contributed by atoms with Crippen LogP contribution in [0.5, 0.6) is 0 Å². The smallest absolute Gasteiger partial charge is 0.129 e. The number of nitrogens with zero attached hydrogens (tertiary/aromatic N) is 1. The Hall–Kier alpha value is -0.240. The van der Waals surface area contributed by atoms with E-state index in [0.717, 1.165) is 5.71 Å². The van der Waals surface area contributed by atoms with E-state index in [9.17, 15) is 0 Å². The molecule has 0 aliphatic heterocycles. The Morgan fingerprint density at radius 2 is 2.00 bits per heavy atom. The van der Waals surface area contributed by atoms with Gasteiger partial charge in [0.25, 0.3) is 0 Å². The molecule has 0 radical (unpaired) electrons. The predicted molar refractivity (Wildman–Crippen MR) is 44.7 cm³/mol. The van der Waals surface area contributed by atoms with E-state index >= 15 is 0 Å². The lowest BCUT2D eigenvalue weighted by Gasteiger charge is -2.15. The van der Waals surface area contributed by atoms with Crippen LogP contribution < -0.4 is 0 Å². The molecule has 0 heterocycles. The molecule has 0 aromatic rings. The third-order valence-electron chi connectivity index (χ3n) is 0.669. The third kappa shape index (κ3) is 5.89. The summed E-state index contributed by atoms with van der Waals surface area (Å²) in [4.78, 5) is 5.09. The SMILES string of the molecule is C/C(CCl)=N\OC(C)(C)C. The van der Waals surface area contributed by atoms with E-state index in [2.05, 4.69) is 5.16 Å². The summed E-state index contributed by atoms with van der Waals surface area (Å²) in [6, 6.07) is 0. The highest BCUT2D eigenvalue weighted by molar-refractivity contribution is 6.28. The fraction of sp³-hybridized carbons (Fsp3) is 0.857. The average Bonchev–Trinajstić information content (AvgIpc) is 1.81. The van der Waals surface area contributed by atoms with E-state index in [0.29, 0.717) is 5.88 Å². The summed E-state index contributed by atoms with van der Waals surface area (Å²) in [5, 5.41) is 3.80. The molecule has 0 bridgehead atoms. The average molecular weight is 164 g/mol. The van der Waals surface area contributed by atoms with Gasteiger partial charge in [-0.3, -0.25) is 0 Å². The quantitative estimate of drug-likeness (QED) is 0.348. The molecule has 0 saturated carbocycles. The van der Waals surface area contributed by atoms with Gasteiger partial charge >= 0.3 is 0 Å². The first-order valence-electron chi connectivity index (χ1n) is 3.23. The van der Waals surface area contributed by atoms with Gasteiger partial charge in [0, 0.05) is 0 Å². The van der Waals surface area contributed by atoms with Crippen LogP contribution in [0.4, 0.5) is 0 Å². The van der Waals surface area contributed by atoms with E-state index in [1.54, 1.807) is 0 Å². The van der Waals surface area contributed by atoms with Crippen molar-refractivity contribution in [3.05, 3.63) is 0 Å². The lowest BCUT2D eigenvalue weighted by molar-refractivity contribution is 0.000771. The molecule has 0 rings (SSSR count). The monoisotopic (exact) mass is 163 g/mol. The van der Waals surface area contributed by atoms with Crippen molar-refractivity contribution in [2.24, 2.45) is 5.16 Å². The molecule has 3 heteroatoms. The number of oxime groups is 1. The van der Waals surface area contributed by atoms with Crippen molar-refractivity contribution < 1.29 is 4.84 Å². The van der Waals surface area contributed by atoms with E-state index in [-0.39, 0.29) is 5.60 Å². The maximum atomic E-state index is 5.47. The first-order valence-corrected chi connectivity index (χ1v) is 3.77. The minimum absolute atomic E-state index is 0.215. The maximum Gasteiger partial charge on any atom is 0.129 e. The van der Waals surface area contributed by atoms with Crippen LogP contribution in [0, 0.1) is 0 Å². The van der Waals surface area contributed by atoms with Crippen molar-refractivity contribution in [3.63, 3.8) is 0 Å². The number of hydrogen-bond acceptors (Lipinski definition) is 2. The van der Waals surface area contributed by atoms with Crippen molar-refractivity contribution >= 4 is 17.3 Å². The fourth-order valence-corrected chi connectivity index (χ4v) is 0.288. The standard InChI is InChI=1S/C7H14ClNO/c1-6(5-8)9-10-7(2,3)4/h5H2,1-4H3/b9-6+. The Labute approximate surface area is 67.2 Å². The maximum absolute atomic E-state index is 5.47. The molecular weight excluding hydrogens is 150 g/mol. The summed E-state index contributed by atoms with van der Waals surface area (Å²) in [7, 11) is 0. The summed E-state index contributed by atoms with van der Waals surface area (Å²) in [6.07, 6.45) is 0. The predicted octanol–water partition coefficient (Wildman–Crippen LogP) is 2.42. The van der Waals surface area contributed by atoms with Crippen LogP contribution in [0.15, 0.2) is 5.16 Å². The molecule has 0 aromatic carbocycles. The molecule has 0 fully saturated rings. The van der Waals surface area contributed by atoms with E-state index in [1.807, 2.05) is 27.7 Å². The molecule has 0 aromatic heterocycles. The minimum atomic E-state index is -0.215. The second-order valence-electron chi connectivity index (χ2n) is 3.16. The Morgan fingerprint density at radius 1 is 1.50 bits per heavy atom. The zero-order chi connectivity index (χ0) is 8.20. The highest BCUT2D eigenvalue weighted by Gasteiger charge is 2.09. The molecule has 0 spiro atoms. The van der Waals surface area contributed by atoms with Crippen LogP contribution >= 0.6 is 11.6 Å². The molecular formula is C7H14ClNO. The Balaban J connectivity index is 3.73. The lowest BCUT2D eigenvalue weighted by atomic mass is 10.2. The van der Waals surface area contributed by atoms with Crippen molar-refractivity contribution in [2.75, 3.05) is 5.88 Å². The van der Waals surface area contributed by atoms with Crippen LogP contribution in [0.3, 0.4) is 0 Å². The molecule has 0 aliphatic carbocycles. The van der Waals surface area contributed by atoms with Gasteiger partial charge in [-0.1, -0.05) is 5.16 Å². The Bertz CT molecular complexity index is 126. The Kier molecular flexibility index (Phi) is 3.72. The number of hydrogen-bond donors (Lipinski definition) is 0. The number of halogens is 1. The molecule has 0 atom stereocenters. The first kappa shape index (κ1) is 9.76. The minimum Gasteiger partial charge on any atom is -0.390 e. The van der Waals surface area contributed by atoms with E-state index in [4.69, 9.17) is 16.4 Å². The van der Waals surface area contributed by atoms with Gasteiger partial charge in [0.05, 0.1) is 11.6 Å². The molecule has 10 heavy (non-hydrogen) atoms. The molecule has 2 nitrogen and oxygen atoms in total. The highest BCUT2D eigenvalue weighted by atomic mass is 35.5. The largest absolute Gasteiger partial charge is 0.390 e. The van der Waals surface area contributed by atoms with Gasteiger partial charge in [-0.15, -0.1) is 11.6 Å². The summed E-state index contributed by atoms with van der Waals surface area (Å²) < 4.78 is 0. The normalized spacial score (nSPS) is 13.5. The molecule has 0 saturated heterocycles. The highest BCUT2D eigenvalue weighted by Crippen LogP contribution is 2.06. The van der Waals surface area contributed by atoms with Gasteiger partial charge in [0.1, 0.15) is 5.60 Å². The van der Waals surface area contributed by atoms with Gasteiger partial charge < -0.3 is 4.84 Å². The van der Waals surface area contributed by atoms with E-state index in [1.165, 1.54) is 0 Å². The topological polar surface area (TPSA) is 21.6 Å². The van der Waals surface area contributed by atoms with Crippen LogP contribution in [0.1, 0.15) is 27.7 Å². The van der Waals surface area contributed by atoms with Crippen molar-refractivity contribution in [2.45, 2.75) is 33.3 Å².